The normalized spacial score (nSPS) is 12.5. The second-order valence-electron chi connectivity index (χ2n) is 4.42. The third-order valence-corrected chi connectivity index (χ3v) is 3.20. The predicted octanol–water partition coefficient (Wildman–Crippen LogP) is 0.507. The summed E-state index contributed by atoms with van der Waals surface area (Å²) in [5, 5.41) is 0. The Hall–Kier alpha value is -3.09. The van der Waals surface area contributed by atoms with Crippen molar-refractivity contribution in [2.24, 2.45) is 0 Å². The monoisotopic (exact) mass is 265 g/mol. The van der Waals surface area contributed by atoms with E-state index in [0.29, 0.717) is 16.8 Å². The lowest BCUT2D eigenvalue weighted by atomic mass is 10.1. The lowest BCUT2D eigenvalue weighted by Crippen LogP contribution is -2.15. The van der Waals surface area contributed by atoms with E-state index in [1.165, 1.54) is 0 Å². The van der Waals surface area contributed by atoms with Crippen LogP contribution in [0, 0.1) is 0 Å². The summed E-state index contributed by atoms with van der Waals surface area (Å²) in [6.07, 6.45) is 0. The summed E-state index contributed by atoms with van der Waals surface area (Å²) >= 11 is 0. The van der Waals surface area contributed by atoms with Crippen molar-refractivity contribution in [3.8, 4) is 11.3 Å². The van der Waals surface area contributed by atoms with Gasteiger partial charge in [-0.1, -0.05) is 24.3 Å². The second-order valence-corrected chi connectivity index (χ2v) is 4.42. The molecule has 7 heteroatoms. The van der Waals surface area contributed by atoms with Gasteiger partial charge in [0, 0.05) is 11.1 Å². The van der Waals surface area contributed by atoms with E-state index in [9.17, 15) is 9.59 Å². The molecular formula is C13H7N5O2. The number of fused-ring (bicyclic) bond motifs is 4. The van der Waals surface area contributed by atoms with Gasteiger partial charge in [-0.25, -0.2) is 9.97 Å². The number of hydrogen-bond donors (Lipinski definition) is 2. The van der Waals surface area contributed by atoms with Crippen molar-refractivity contribution in [1.82, 2.24) is 19.9 Å². The zero-order valence-corrected chi connectivity index (χ0v) is 10.0. The number of benzene rings is 1. The molecule has 0 bridgehead atoms. The molecule has 2 heterocycles. The lowest BCUT2D eigenvalue weighted by molar-refractivity contribution is 0.103. The van der Waals surface area contributed by atoms with Crippen LogP contribution in [0.3, 0.4) is 0 Å². The first-order valence-corrected chi connectivity index (χ1v) is 5.87. The van der Waals surface area contributed by atoms with Gasteiger partial charge in [-0.05, 0) is 0 Å². The van der Waals surface area contributed by atoms with Gasteiger partial charge in [0.1, 0.15) is 11.4 Å². The van der Waals surface area contributed by atoms with E-state index in [0.717, 1.165) is 0 Å². The number of carbonyl (C=O) groups excluding carboxylic acids is 1. The fourth-order valence-electron chi connectivity index (χ4n) is 2.34. The molecule has 1 aliphatic carbocycles. The molecule has 0 spiro atoms. The van der Waals surface area contributed by atoms with Crippen LogP contribution in [0.5, 0.6) is 0 Å². The van der Waals surface area contributed by atoms with Crippen molar-refractivity contribution in [2.75, 3.05) is 5.73 Å². The maximum absolute atomic E-state index is 12.3. The third-order valence-electron chi connectivity index (χ3n) is 3.20. The van der Waals surface area contributed by atoms with Gasteiger partial charge in [0.15, 0.2) is 11.2 Å². The molecule has 1 aromatic carbocycles. The van der Waals surface area contributed by atoms with E-state index < -0.39 is 5.56 Å². The van der Waals surface area contributed by atoms with Crippen LogP contribution in [0.25, 0.3) is 22.4 Å². The summed E-state index contributed by atoms with van der Waals surface area (Å²) in [5.41, 5.74) is 6.97. The molecule has 20 heavy (non-hydrogen) atoms. The van der Waals surface area contributed by atoms with E-state index in [-0.39, 0.29) is 28.6 Å². The van der Waals surface area contributed by atoms with E-state index in [1.807, 2.05) is 6.07 Å². The van der Waals surface area contributed by atoms with Gasteiger partial charge in [-0.3, -0.25) is 14.6 Å². The smallest absolute Gasteiger partial charge is 0.280 e. The number of nitrogens with two attached hydrogens (primary N) is 1. The molecule has 0 aliphatic heterocycles. The summed E-state index contributed by atoms with van der Waals surface area (Å²) in [7, 11) is 0. The van der Waals surface area contributed by atoms with Gasteiger partial charge in [0.05, 0.1) is 0 Å². The van der Waals surface area contributed by atoms with Crippen molar-refractivity contribution in [3.63, 3.8) is 0 Å². The number of H-pyrrole nitrogens is 1. The number of ketones is 1. The second kappa shape index (κ2) is 3.47. The lowest BCUT2D eigenvalue weighted by Gasteiger charge is -2.01. The maximum atomic E-state index is 12.3. The molecule has 7 nitrogen and oxygen atoms in total. The van der Waals surface area contributed by atoms with Gasteiger partial charge in [0.2, 0.25) is 11.7 Å². The first kappa shape index (κ1) is 10.8. The minimum Gasteiger partial charge on any atom is -0.369 e. The van der Waals surface area contributed by atoms with Crippen molar-refractivity contribution in [1.29, 1.82) is 0 Å². The highest BCUT2D eigenvalue weighted by Crippen LogP contribution is 2.34. The molecular weight excluding hydrogens is 258 g/mol. The van der Waals surface area contributed by atoms with Gasteiger partial charge >= 0.3 is 0 Å². The number of hydrogen-bond acceptors (Lipinski definition) is 6. The van der Waals surface area contributed by atoms with Crippen LogP contribution in [0.2, 0.25) is 0 Å². The molecule has 0 radical (unpaired) electrons. The molecule has 0 fully saturated rings. The van der Waals surface area contributed by atoms with Gasteiger partial charge in [-0.15, -0.1) is 0 Å². The Balaban J connectivity index is 2.16. The van der Waals surface area contributed by atoms with E-state index in [2.05, 4.69) is 19.9 Å². The summed E-state index contributed by atoms with van der Waals surface area (Å²) < 4.78 is 0. The Bertz CT molecular complexity index is 961. The van der Waals surface area contributed by atoms with Crippen molar-refractivity contribution < 1.29 is 4.79 Å². The Morgan fingerprint density at radius 3 is 2.50 bits per heavy atom. The van der Waals surface area contributed by atoms with Gasteiger partial charge in [-0.2, -0.15) is 4.98 Å². The van der Waals surface area contributed by atoms with E-state index >= 15 is 0 Å². The quantitative estimate of drug-likeness (QED) is 0.478. The van der Waals surface area contributed by atoms with Crippen LogP contribution in [-0.4, -0.2) is 25.7 Å². The molecule has 0 atom stereocenters. The van der Waals surface area contributed by atoms with Gasteiger partial charge < -0.3 is 5.73 Å². The van der Waals surface area contributed by atoms with Crippen LogP contribution in [0.15, 0.2) is 29.1 Å². The Morgan fingerprint density at radius 2 is 1.70 bits per heavy atom. The molecule has 3 aromatic rings. The first-order chi connectivity index (χ1) is 9.65. The number of nitrogens with one attached hydrogen (secondary N) is 1. The Morgan fingerprint density at radius 1 is 0.950 bits per heavy atom. The van der Waals surface area contributed by atoms with Crippen molar-refractivity contribution >= 4 is 22.9 Å². The number of carbonyl (C=O) groups is 1. The highest BCUT2D eigenvalue weighted by atomic mass is 16.1. The van der Waals surface area contributed by atoms with Crippen LogP contribution in [0.1, 0.15) is 16.1 Å². The van der Waals surface area contributed by atoms with Crippen molar-refractivity contribution in [2.45, 2.75) is 0 Å². The third kappa shape index (κ3) is 1.26. The number of nitrogens with zero attached hydrogens (tertiary/aromatic N) is 3. The topological polar surface area (TPSA) is 115 Å². The van der Waals surface area contributed by atoms with Crippen LogP contribution >= 0.6 is 0 Å². The number of nitrogen functional groups attached to an aromatic ring is 1. The average Bonchev–Trinajstić information content (AvgIpc) is 2.71. The largest absolute Gasteiger partial charge is 0.369 e. The molecule has 0 unspecified atom stereocenters. The summed E-state index contributed by atoms with van der Waals surface area (Å²) in [5.74, 6) is -0.268. The van der Waals surface area contributed by atoms with Gasteiger partial charge in [0.25, 0.3) is 5.56 Å². The first-order valence-electron chi connectivity index (χ1n) is 5.87. The minimum absolute atomic E-state index is 0.0131. The van der Waals surface area contributed by atoms with Crippen LogP contribution < -0.4 is 11.3 Å². The Kier molecular flexibility index (Phi) is 1.88. The molecule has 0 saturated heterocycles. The number of aromatic nitrogens is 4. The molecule has 1 aliphatic rings. The van der Waals surface area contributed by atoms with Crippen LogP contribution in [0.4, 0.5) is 5.95 Å². The van der Waals surface area contributed by atoms with Crippen LogP contribution in [-0.2, 0) is 0 Å². The van der Waals surface area contributed by atoms with E-state index in [1.54, 1.807) is 18.2 Å². The fraction of sp³-hybridized carbons (Fsp3) is 0. The highest BCUT2D eigenvalue weighted by molar-refractivity contribution is 6.20. The summed E-state index contributed by atoms with van der Waals surface area (Å²) in [6.45, 7) is 0. The Labute approximate surface area is 111 Å². The molecule has 3 N–H and O–H groups in total. The summed E-state index contributed by atoms with van der Waals surface area (Å²) in [4.78, 5) is 38.7. The molecule has 2 aromatic heterocycles. The number of rotatable bonds is 0. The SMILES string of the molecule is Nc1nc2nc3c(nc2c(=O)[nH]1)C(=O)c1ccccc1-3. The molecule has 0 amide bonds. The fourth-order valence-corrected chi connectivity index (χ4v) is 2.34. The minimum atomic E-state index is -0.508. The predicted molar refractivity (Wildman–Crippen MR) is 71.2 cm³/mol. The maximum Gasteiger partial charge on any atom is 0.280 e. The number of aromatic amines is 1. The zero-order valence-electron chi connectivity index (χ0n) is 10.0. The molecule has 4 rings (SSSR count). The average molecular weight is 265 g/mol. The highest BCUT2D eigenvalue weighted by Gasteiger charge is 2.30. The summed E-state index contributed by atoms with van der Waals surface area (Å²) in [6, 6.07) is 7.08. The zero-order chi connectivity index (χ0) is 13.9. The van der Waals surface area contributed by atoms with E-state index in [4.69, 9.17) is 5.73 Å². The standard InChI is InChI=1S/C13H7N5O2/c14-13-17-11-9(12(20)18-13)15-8-7(16-11)5-3-1-2-4-6(5)10(8)19/h1-4H,(H3,14,16,17,18,20). The molecule has 0 saturated carbocycles. The van der Waals surface area contributed by atoms with Crippen molar-refractivity contribution in [3.05, 3.63) is 45.9 Å². The molecule has 96 valence electrons. The number of anilines is 1.